The summed E-state index contributed by atoms with van der Waals surface area (Å²) in [6.07, 6.45) is 3.42. The highest BCUT2D eigenvalue weighted by Crippen LogP contribution is 2.36. The highest BCUT2D eigenvalue weighted by Gasteiger charge is 2.34. The van der Waals surface area contributed by atoms with Gasteiger partial charge in [0.15, 0.2) is 11.5 Å². The molecule has 2 aliphatic rings. The fraction of sp³-hybridized carbons (Fsp3) is 0.417. The maximum Gasteiger partial charge on any atom is 0.265 e. The second-order valence-electron chi connectivity index (χ2n) is 8.41. The summed E-state index contributed by atoms with van der Waals surface area (Å²) in [5.41, 5.74) is 2.14. The normalized spacial score (nSPS) is 25.8. The van der Waals surface area contributed by atoms with Gasteiger partial charge in [-0.3, -0.25) is 4.79 Å². The van der Waals surface area contributed by atoms with Gasteiger partial charge in [0.2, 0.25) is 6.10 Å². The molecule has 1 aliphatic carbocycles. The Hall–Kier alpha value is -3.02. The molecule has 0 bridgehead atoms. The van der Waals surface area contributed by atoms with E-state index >= 15 is 0 Å². The molecular weight excluding hydrogens is 378 g/mol. The number of carbonyl (C=O) groups excluding carboxylic acids is 1. The predicted octanol–water partition coefficient (Wildman–Crippen LogP) is 4.18. The number of hydrogen-bond acceptors (Lipinski definition) is 4. The Balaban J connectivity index is 1.13. The molecule has 1 amide bonds. The summed E-state index contributed by atoms with van der Waals surface area (Å²) in [6, 6.07) is 15.7. The van der Waals surface area contributed by atoms with Crippen LogP contribution in [0.15, 0.2) is 48.5 Å². The van der Waals surface area contributed by atoms with Crippen molar-refractivity contribution >= 4 is 16.9 Å². The van der Waals surface area contributed by atoms with Crippen LogP contribution in [0.25, 0.3) is 11.0 Å². The number of rotatable bonds is 4. The third-order valence-electron chi connectivity index (χ3n) is 6.31. The van der Waals surface area contributed by atoms with Crippen molar-refractivity contribution in [3.05, 3.63) is 54.4 Å². The van der Waals surface area contributed by atoms with Crippen LogP contribution in [0.1, 0.15) is 44.3 Å². The highest BCUT2D eigenvalue weighted by atomic mass is 16.6. The van der Waals surface area contributed by atoms with E-state index in [1.54, 1.807) is 0 Å². The van der Waals surface area contributed by atoms with E-state index in [1.165, 1.54) is 0 Å². The SMILES string of the molecule is C[C@H]1Oc2ccccc2O[C@H]1C(=O)NCC1CCC(c2nc3ccccc3[nH]2)CC1. The molecule has 2 heterocycles. The standard InChI is InChI=1S/C24H27N3O3/c1-15-22(30-21-9-5-4-8-20(21)29-15)24(28)25-14-16-10-12-17(13-11-16)23-26-18-6-2-3-7-19(18)27-23/h2-9,15-17,22H,10-14H2,1H3,(H,25,28)(H,26,27)/t15-,16?,17?,22-/m1/s1. The molecule has 156 valence electrons. The minimum atomic E-state index is -0.619. The summed E-state index contributed by atoms with van der Waals surface area (Å²) in [5.74, 6) is 3.27. The number of para-hydroxylation sites is 4. The summed E-state index contributed by atoms with van der Waals surface area (Å²) in [4.78, 5) is 21.0. The van der Waals surface area contributed by atoms with E-state index in [0.717, 1.165) is 42.5 Å². The number of carbonyl (C=O) groups is 1. The molecule has 2 atom stereocenters. The average Bonchev–Trinajstić information content (AvgIpc) is 3.21. The first kappa shape index (κ1) is 19.0. The molecule has 1 aliphatic heterocycles. The van der Waals surface area contributed by atoms with Crippen LogP contribution in [0, 0.1) is 5.92 Å². The maximum atomic E-state index is 12.7. The van der Waals surface area contributed by atoms with E-state index in [2.05, 4.69) is 16.4 Å². The minimum absolute atomic E-state index is 0.101. The number of aromatic nitrogens is 2. The van der Waals surface area contributed by atoms with Crippen molar-refractivity contribution in [2.75, 3.05) is 6.54 Å². The van der Waals surface area contributed by atoms with Gasteiger partial charge >= 0.3 is 0 Å². The number of ether oxygens (including phenoxy) is 2. The Bertz CT molecular complexity index is 1010. The number of aromatic amines is 1. The van der Waals surface area contributed by atoms with Crippen molar-refractivity contribution in [2.24, 2.45) is 5.92 Å². The lowest BCUT2D eigenvalue weighted by Crippen LogP contribution is -2.50. The molecule has 3 aromatic rings. The van der Waals surface area contributed by atoms with Crippen LogP contribution in [0.5, 0.6) is 11.5 Å². The summed E-state index contributed by atoms with van der Waals surface area (Å²) in [7, 11) is 0. The van der Waals surface area contributed by atoms with Gasteiger partial charge in [0.05, 0.1) is 11.0 Å². The Labute approximate surface area is 176 Å². The van der Waals surface area contributed by atoms with Gasteiger partial charge in [0.1, 0.15) is 11.9 Å². The number of hydrogen-bond donors (Lipinski definition) is 2. The van der Waals surface area contributed by atoms with Crippen molar-refractivity contribution in [2.45, 2.75) is 50.7 Å². The molecule has 1 saturated carbocycles. The van der Waals surface area contributed by atoms with Crippen LogP contribution in [0.3, 0.4) is 0 Å². The molecule has 30 heavy (non-hydrogen) atoms. The zero-order valence-corrected chi connectivity index (χ0v) is 17.1. The first-order valence-electron chi connectivity index (χ1n) is 10.8. The van der Waals surface area contributed by atoms with Crippen molar-refractivity contribution in [3.63, 3.8) is 0 Å². The Kier molecular flexibility index (Phi) is 5.07. The largest absolute Gasteiger partial charge is 0.482 e. The third-order valence-corrected chi connectivity index (χ3v) is 6.31. The number of fused-ring (bicyclic) bond motifs is 2. The van der Waals surface area contributed by atoms with E-state index in [0.29, 0.717) is 29.9 Å². The van der Waals surface area contributed by atoms with Crippen molar-refractivity contribution in [1.29, 1.82) is 0 Å². The smallest absolute Gasteiger partial charge is 0.265 e. The number of nitrogens with one attached hydrogen (secondary N) is 2. The molecule has 1 aromatic heterocycles. The molecule has 0 unspecified atom stereocenters. The maximum absolute atomic E-state index is 12.7. The summed E-state index contributed by atoms with van der Waals surface area (Å²) in [5, 5.41) is 3.09. The monoisotopic (exact) mass is 405 g/mol. The topological polar surface area (TPSA) is 76.2 Å². The van der Waals surface area contributed by atoms with Crippen LogP contribution in [-0.2, 0) is 4.79 Å². The molecule has 1 fully saturated rings. The molecule has 2 N–H and O–H groups in total. The van der Waals surface area contributed by atoms with Crippen molar-refractivity contribution in [1.82, 2.24) is 15.3 Å². The van der Waals surface area contributed by atoms with Crippen molar-refractivity contribution in [3.8, 4) is 11.5 Å². The Morgan fingerprint density at radius 3 is 2.50 bits per heavy atom. The molecule has 0 saturated heterocycles. The number of amides is 1. The fourth-order valence-corrected chi connectivity index (χ4v) is 4.56. The van der Waals surface area contributed by atoms with Gasteiger partial charge in [-0.1, -0.05) is 24.3 Å². The lowest BCUT2D eigenvalue weighted by atomic mass is 9.81. The summed E-state index contributed by atoms with van der Waals surface area (Å²) in [6.45, 7) is 2.55. The van der Waals surface area contributed by atoms with E-state index in [4.69, 9.17) is 14.5 Å². The predicted molar refractivity (Wildman–Crippen MR) is 115 cm³/mol. The Morgan fingerprint density at radius 2 is 1.73 bits per heavy atom. The minimum Gasteiger partial charge on any atom is -0.482 e. The Morgan fingerprint density at radius 1 is 1.03 bits per heavy atom. The van der Waals surface area contributed by atoms with Gasteiger partial charge in [-0.25, -0.2) is 4.98 Å². The van der Waals surface area contributed by atoms with E-state index in [9.17, 15) is 4.79 Å². The number of nitrogens with zero attached hydrogens (tertiary/aromatic N) is 1. The third kappa shape index (κ3) is 3.74. The van der Waals surface area contributed by atoms with Crippen LogP contribution in [0.4, 0.5) is 0 Å². The zero-order chi connectivity index (χ0) is 20.5. The summed E-state index contributed by atoms with van der Waals surface area (Å²) < 4.78 is 11.7. The fourth-order valence-electron chi connectivity index (χ4n) is 4.56. The number of imidazole rings is 1. The van der Waals surface area contributed by atoms with Gasteiger partial charge in [-0.2, -0.15) is 0 Å². The second kappa shape index (κ2) is 8.01. The van der Waals surface area contributed by atoms with Gasteiger partial charge in [0.25, 0.3) is 5.91 Å². The van der Waals surface area contributed by atoms with Gasteiger partial charge in [-0.05, 0) is 62.8 Å². The zero-order valence-electron chi connectivity index (χ0n) is 17.1. The van der Waals surface area contributed by atoms with E-state index < -0.39 is 6.10 Å². The quantitative estimate of drug-likeness (QED) is 0.683. The summed E-state index contributed by atoms with van der Waals surface area (Å²) >= 11 is 0. The molecule has 0 spiro atoms. The van der Waals surface area contributed by atoms with Crippen LogP contribution >= 0.6 is 0 Å². The van der Waals surface area contributed by atoms with Crippen LogP contribution in [0.2, 0.25) is 0 Å². The number of benzene rings is 2. The number of H-pyrrole nitrogens is 1. The molecule has 6 nitrogen and oxygen atoms in total. The van der Waals surface area contributed by atoms with Gasteiger partial charge in [-0.15, -0.1) is 0 Å². The highest BCUT2D eigenvalue weighted by molar-refractivity contribution is 5.82. The lowest BCUT2D eigenvalue weighted by molar-refractivity contribution is -0.133. The molecule has 6 heteroatoms. The van der Waals surface area contributed by atoms with E-state index in [1.807, 2.05) is 49.4 Å². The molecule has 0 radical (unpaired) electrons. The van der Waals surface area contributed by atoms with Crippen LogP contribution < -0.4 is 14.8 Å². The van der Waals surface area contributed by atoms with Crippen molar-refractivity contribution < 1.29 is 14.3 Å². The molecule has 5 rings (SSSR count). The van der Waals surface area contributed by atoms with Crippen LogP contribution in [-0.4, -0.2) is 34.6 Å². The first-order chi connectivity index (χ1) is 14.7. The average molecular weight is 405 g/mol. The first-order valence-corrected chi connectivity index (χ1v) is 10.8. The molecule has 2 aromatic carbocycles. The lowest BCUT2D eigenvalue weighted by Gasteiger charge is -2.32. The van der Waals surface area contributed by atoms with Gasteiger partial charge in [0, 0.05) is 12.5 Å². The van der Waals surface area contributed by atoms with Gasteiger partial charge < -0.3 is 19.8 Å². The second-order valence-corrected chi connectivity index (χ2v) is 8.41. The van der Waals surface area contributed by atoms with E-state index in [-0.39, 0.29) is 12.0 Å². The molecular formula is C24H27N3O3.